The van der Waals surface area contributed by atoms with Crippen LogP contribution in [0.4, 0.5) is 0 Å². The lowest BCUT2D eigenvalue weighted by Gasteiger charge is -2.16. The second kappa shape index (κ2) is 9.92. The van der Waals surface area contributed by atoms with Crippen molar-refractivity contribution in [2.24, 2.45) is 7.05 Å². The quantitative estimate of drug-likeness (QED) is 0.338. The predicted octanol–water partition coefficient (Wildman–Crippen LogP) is 6.23. The average Bonchev–Trinajstić information content (AvgIpc) is 3.22. The summed E-state index contributed by atoms with van der Waals surface area (Å²) in [6, 6.07) is 21.7. The molecule has 0 aliphatic carbocycles. The summed E-state index contributed by atoms with van der Waals surface area (Å²) >= 11 is 6.09. The van der Waals surface area contributed by atoms with E-state index in [0.717, 1.165) is 44.4 Å². The number of halogens is 1. The first-order chi connectivity index (χ1) is 15.9. The zero-order chi connectivity index (χ0) is 23.4. The van der Waals surface area contributed by atoms with Crippen LogP contribution in [0.2, 0.25) is 5.02 Å². The van der Waals surface area contributed by atoms with Crippen LogP contribution in [0.1, 0.15) is 34.9 Å². The monoisotopic (exact) mass is 460 g/mol. The standard InChI is InChI=1S/C27H25ClN2O3/c1-18-14-22(28)8-11-24(18)21-5-3-4-19(15-21)17-33-23-9-6-20(7-10-23)25(16-26(31)32)27-29-12-13-30(27)2/h3-15,25H,16-17H2,1-2H3,(H,31,32)/t25-/m0/s1. The van der Waals surface area contributed by atoms with E-state index in [9.17, 15) is 9.90 Å². The summed E-state index contributed by atoms with van der Waals surface area (Å²) in [6.45, 7) is 2.48. The molecule has 0 amide bonds. The largest absolute Gasteiger partial charge is 0.489 e. The number of aryl methyl sites for hydroxylation is 2. The maximum absolute atomic E-state index is 11.4. The van der Waals surface area contributed by atoms with Gasteiger partial charge in [0.15, 0.2) is 0 Å². The molecule has 1 atom stereocenters. The summed E-state index contributed by atoms with van der Waals surface area (Å²) in [5, 5.41) is 10.1. The molecule has 1 aromatic heterocycles. The lowest BCUT2D eigenvalue weighted by atomic mass is 9.94. The summed E-state index contributed by atoms with van der Waals surface area (Å²) in [7, 11) is 1.87. The van der Waals surface area contributed by atoms with Gasteiger partial charge in [0.25, 0.3) is 0 Å². The van der Waals surface area contributed by atoms with E-state index in [2.05, 4.69) is 24.0 Å². The fraction of sp³-hybridized carbons (Fsp3) is 0.185. The topological polar surface area (TPSA) is 64.3 Å². The minimum atomic E-state index is -0.862. The van der Waals surface area contributed by atoms with Crippen LogP contribution in [0.25, 0.3) is 11.1 Å². The van der Waals surface area contributed by atoms with Gasteiger partial charge in [-0.3, -0.25) is 4.79 Å². The van der Waals surface area contributed by atoms with Crippen LogP contribution in [0.3, 0.4) is 0 Å². The maximum atomic E-state index is 11.4. The summed E-state index contributed by atoms with van der Waals surface area (Å²) in [4.78, 5) is 15.8. The Kier molecular flexibility index (Phi) is 6.80. The number of carbonyl (C=O) groups is 1. The first-order valence-electron chi connectivity index (χ1n) is 10.7. The molecule has 3 aromatic carbocycles. The van der Waals surface area contributed by atoms with Crippen LogP contribution in [-0.4, -0.2) is 20.6 Å². The normalized spacial score (nSPS) is 11.8. The number of ether oxygens (including phenoxy) is 1. The Morgan fingerprint density at radius 2 is 1.91 bits per heavy atom. The Labute approximate surface area is 198 Å². The van der Waals surface area contributed by atoms with Gasteiger partial charge in [-0.2, -0.15) is 0 Å². The molecule has 0 spiro atoms. The fourth-order valence-electron chi connectivity index (χ4n) is 3.99. The first kappa shape index (κ1) is 22.6. The van der Waals surface area contributed by atoms with Gasteiger partial charge in [0.2, 0.25) is 0 Å². The molecule has 33 heavy (non-hydrogen) atoms. The molecule has 0 aliphatic rings. The highest BCUT2D eigenvalue weighted by molar-refractivity contribution is 6.30. The summed E-state index contributed by atoms with van der Waals surface area (Å²) in [5.74, 6) is 0.260. The van der Waals surface area contributed by atoms with E-state index in [0.29, 0.717) is 6.61 Å². The number of carboxylic acid groups (broad SMARTS) is 1. The van der Waals surface area contributed by atoms with Gasteiger partial charge in [0.1, 0.15) is 18.2 Å². The minimum absolute atomic E-state index is 0.0258. The zero-order valence-electron chi connectivity index (χ0n) is 18.5. The first-order valence-corrected chi connectivity index (χ1v) is 11.1. The number of imidazole rings is 1. The number of benzene rings is 3. The molecule has 1 heterocycles. The number of aromatic nitrogens is 2. The van der Waals surface area contributed by atoms with Gasteiger partial charge in [0, 0.05) is 24.5 Å². The van der Waals surface area contributed by atoms with Gasteiger partial charge in [-0.1, -0.05) is 48.0 Å². The molecular formula is C27H25ClN2O3. The van der Waals surface area contributed by atoms with Crippen LogP contribution in [0, 0.1) is 6.92 Å². The van der Waals surface area contributed by atoms with E-state index in [1.54, 1.807) is 6.20 Å². The van der Waals surface area contributed by atoms with Crippen molar-refractivity contribution in [2.75, 3.05) is 0 Å². The summed E-state index contributed by atoms with van der Waals surface area (Å²) in [6.07, 6.45) is 3.48. The molecule has 0 unspecified atom stereocenters. The zero-order valence-corrected chi connectivity index (χ0v) is 19.3. The number of hydrogen-bond donors (Lipinski definition) is 1. The fourth-order valence-corrected chi connectivity index (χ4v) is 4.22. The highest BCUT2D eigenvalue weighted by Gasteiger charge is 2.21. The van der Waals surface area contributed by atoms with Crippen molar-refractivity contribution in [1.82, 2.24) is 9.55 Å². The lowest BCUT2D eigenvalue weighted by molar-refractivity contribution is -0.137. The van der Waals surface area contributed by atoms with Gasteiger partial charge in [-0.25, -0.2) is 4.98 Å². The Morgan fingerprint density at radius 1 is 1.12 bits per heavy atom. The molecule has 4 rings (SSSR count). The maximum Gasteiger partial charge on any atom is 0.304 e. The van der Waals surface area contributed by atoms with Crippen molar-refractivity contribution >= 4 is 17.6 Å². The van der Waals surface area contributed by atoms with Crippen LogP contribution >= 0.6 is 11.6 Å². The molecular weight excluding hydrogens is 436 g/mol. The van der Waals surface area contributed by atoms with Gasteiger partial charge in [0.05, 0.1) is 12.3 Å². The average molecular weight is 461 g/mol. The van der Waals surface area contributed by atoms with Crippen LogP contribution in [0.15, 0.2) is 79.1 Å². The third kappa shape index (κ3) is 5.44. The molecule has 0 saturated heterocycles. The second-order valence-electron chi connectivity index (χ2n) is 8.06. The summed E-state index contributed by atoms with van der Waals surface area (Å²) < 4.78 is 7.86. The van der Waals surface area contributed by atoms with Crippen molar-refractivity contribution in [3.05, 3.63) is 107 Å². The van der Waals surface area contributed by atoms with Gasteiger partial charge >= 0.3 is 5.97 Å². The number of hydrogen-bond acceptors (Lipinski definition) is 3. The van der Waals surface area contributed by atoms with Crippen LogP contribution < -0.4 is 4.74 Å². The van der Waals surface area contributed by atoms with Crippen molar-refractivity contribution in [3.8, 4) is 16.9 Å². The van der Waals surface area contributed by atoms with E-state index in [-0.39, 0.29) is 12.3 Å². The van der Waals surface area contributed by atoms with Crippen molar-refractivity contribution < 1.29 is 14.6 Å². The van der Waals surface area contributed by atoms with E-state index in [1.807, 2.05) is 72.4 Å². The predicted molar refractivity (Wildman–Crippen MR) is 130 cm³/mol. The minimum Gasteiger partial charge on any atom is -0.489 e. The Morgan fingerprint density at radius 3 is 2.58 bits per heavy atom. The molecule has 1 N–H and O–H groups in total. The van der Waals surface area contributed by atoms with Crippen LogP contribution in [-0.2, 0) is 18.4 Å². The number of carboxylic acids is 1. The van der Waals surface area contributed by atoms with Gasteiger partial charge in [-0.15, -0.1) is 0 Å². The van der Waals surface area contributed by atoms with Crippen molar-refractivity contribution in [2.45, 2.75) is 25.9 Å². The van der Waals surface area contributed by atoms with E-state index < -0.39 is 5.97 Å². The molecule has 0 saturated carbocycles. The van der Waals surface area contributed by atoms with E-state index >= 15 is 0 Å². The third-order valence-electron chi connectivity index (χ3n) is 5.66. The molecule has 5 nitrogen and oxygen atoms in total. The Bertz CT molecular complexity index is 1260. The van der Waals surface area contributed by atoms with Crippen molar-refractivity contribution in [3.63, 3.8) is 0 Å². The van der Waals surface area contributed by atoms with Crippen molar-refractivity contribution in [1.29, 1.82) is 0 Å². The third-order valence-corrected chi connectivity index (χ3v) is 5.90. The number of nitrogens with zero attached hydrogens (tertiary/aromatic N) is 2. The molecule has 0 aliphatic heterocycles. The molecule has 0 radical (unpaired) electrons. The highest BCUT2D eigenvalue weighted by Crippen LogP contribution is 2.29. The number of rotatable bonds is 8. The van der Waals surface area contributed by atoms with Gasteiger partial charge in [-0.05, 0) is 65.1 Å². The van der Waals surface area contributed by atoms with E-state index in [1.165, 1.54) is 0 Å². The molecule has 168 valence electrons. The number of aliphatic carboxylic acids is 1. The Hall–Kier alpha value is -3.57. The lowest BCUT2D eigenvalue weighted by Crippen LogP contribution is -2.12. The Balaban J connectivity index is 1.47. The smallest absolute Gasteiger partial charge is 0.304 e. The van der Waals surface area contributed by atoms with Gasteiger partial charge < -0.3 is 14.4 Å². The second-order valence-corrected chi connectivity index (χ2v) is 8.50. The summed E-state index contributed by atoms with van der Waals surface area (Å²) in [5.41, 5.74) is 5.33. The molecule has 0 bridgehead atoms. The molecule has 4 aromatic rings. The molecule has 6 heteroatoms. The van der Waals surface area contributed by atoms with Crippen LogP contribution in [0.5, 0.6) is 5.75 Å². The molecule has 0 fully saturated rings. The van der Waals surface area contributed by atoms with E-state index in [4.69, 9.17) is 16.3 Å². The highest BCUT2D eigenvalue weighted by atomic mass is 35.5. The SMILES string of the molecule is Cc1cc(Cl)ccc1-c1cccc(COc2ccc([C@H](CC(=O)O)c3nccn3C)cc2)c1.